The zero-order chi connectivity index (χ0) is 19.4. The Morgan fingerprint density at radius 1 is 1.11 bits per heavy atom. The number of aromatic nitrogens is 2. The molecule has 3 aromatic rings. The van der Waals surface area contributed by atoms with Crippen molar-refractivity contribution in [3.05, 3.63) is 59.9 Å². The molecule has 0 fully saturated rings. The van der Waals surface area contributed by atoms with E-state index in [0.717, 1.165) is 28.7 Å². The highest BCUT2D eigenvalue weighted by molar-refractivity contribution is 5.92. The van der Waals surface area contributed by atoms with Crippen molar-refractivity contribution in [2.75, 3.05) is 5.32 Å². The molecule has 0 spiro atoms. The first-order chi connectivity index (χ1) is 13.0. The third-order valence-corrected chi connectivity index (χ3v) is 4.47. The van der Waals surface area contributed by atoms with Gasteiger partial charge in [0.2, 0.25) is 11.8 Å². The summed E-state index contributed by atoms with van der Waals surface area (Å²) in [5, 5.41) is 5.84. The number of para-hydroxylation sites is 3. The second-order valence-electron chi connectivity index (χ2n) is 6.53. The summed E-state index contributed by atoms with van der Waals surface area (Å²) in [5.41, 5.74) is 3.58. The zero-order valence-corrected chi connectivity index (χ0v) is 15.8. The molecule has 1 heterocycles. The number of hydrogen-bond donors (Lipinski definition) is 2. The molecular formula is C21H24N4O2. The van der Waals surface area contributed by atoms with Crippen LogP contribution in [-0.2, 0) is 22.6 Å². The van der Waals surface area contributed by atoms with Crippen LogP contribution < -0.4 is 10.6 Å². The van der Waals surface area contributed by atoms with E-state index in [-0.39, 0.29) is 24.4 Å². The van der Waals surface area contributed by atoms with Gasteiger partial charge < -0.3 is 15.2 Å². The van der Waals surface area contributed by atoms with Crippen molar-refractivity contribution in [2.45, 2.75) is 39.8 Å². The Balaban J connectivity index is 1.90. The van der Waals surface area contributed by atoms with Crippen molar-refractivity contribution in [3.63, 3.8) is 0 Å². The fourth-order valence-electron chi connectivity index (χ4n) is 3.24. The molecule has 0 bridgehead atoms. The van der Waals surface area contributed by atoms with Crippen LogP contribution in [0, 0.1) is 0 Å². The highest BCUT2D eigenvalue weighted by Crippen LogP contribution is 2.21. The van der Waals surface area contributed by atoms with Crippen LogP contribution in [0.2, 0.25) is 0 Å². The summed E-state index contributed by atoms with van der Waals surface area (Å²) in [4.78, 5) is 28.8. The van der Waals surface area contributed by atoms with E-state index < -0.39 is 0 Å². The lowest BCUT2D eigenvalue weighted by atomic mass is 10.1. The zero-order valence-electron chi connectivity index (χ0n) is 15.8. The maximum atomic E-state index is 12.7. The lowest BCUT2D eigenvalue weighted by molar-refractivity contribution is -0.119. The van der Waals surface area contributed by atoms with Crippen LogP contribution in [0.15, 0.2) is 48.5 Å². The number of anilines is 1. The van der Waals surface area contributed by atoms with Gasteiger partial charge in [0.1, 0.15) is 12.4 Å². The number of rotatable bonds is 6. The molecule has 0 aliphatic carbocycles. The molecule has 0 aliphatic rings. The molecule has 1 aromatic heterocycles. The van der Waals surface area contributed by atoms with Crippen LogP contribution in [-0.4, -0.2) is 21.4 Å². The highest BCUT2D eigenvalue weighted by Gasteiger charge is 2.19. The van der Waals surface area contributed by atoms with Gasteiger partial charge in [-0.1, -0.05) is 37.3 Å². The normalized spacial score (nSPS) is 12.0. The van der Waals surface area contributed by atoms with Crippen LogP contribution in [0.25, 0.3) is 11.0 Å². The van der Waals surface area contributed by atoms with Crippen LogP contribution in [0.5, 0.6) is 0 Å². The number of hydrogen-bond acceptors (Lipinski definition) is 3. The first-order valence-electron chi connectivity index (χ1n) is 9.09. The maximum Gasteiger partial charge on any atom is 0.244 e. The largest absolute Gasteiger partial charge is 0.347 e. The minimum atomic E-state index is -0.300. The van der Waals surface area contributed by atoms with E-state index in [4.69, 9.17) is 0 Å². The number of fused-ring (bicyclic) bond motifs is 1. The van der Waals surface area contributed by atoms with Gasteiger partial charge in [0.25, 0.3) is 0 Å². The second kappa shape index (κ2) is 8.03. The lowest BCUT2D eigenvalue weighted by Gasteiger charge is -2.16. The van der Waals surface area contributed by atoms with Gasteiger partial charge in [-0.25, -0.2) is 4.98 Å². The second-order valence-corrected chi connectivity index (χ2v) is 6.53. The van der Waals surface area contributed by atoms with E-state index in [1.54, 1.807) is 0 Å². The van der Waals surface area contributed by atoms with Crippen LogP contribution in [0.4, 0.5) is 5.69 Å². The van der Waals surface area contributed by atoms with Crippen molar-refractivity contribution in [3.8, 4) is 0 Å². The molecule has 1 atom stereocenters. The molecule has 0 saturated carbocycles. The first kappa shape index (κ1) is 18.6. The molecule has 0 radical (unpaired) electrons. The van der Waals surface area contributed by atoms with Crippen LogP contribution >= 0.6 is 0 Å². The number of carbonyl (C=O) groups is 2. The number of aryl methyl sites for hydroxylation is 1. The summed E-state index contributed by atoms with van der Waals surface area (Å²) >= 11 is 0. The Kier molecular flexibility index (Phi) is 5.54. The molecule has 0 aliphatic heterocycles. The summed E-state index contributed by atoms with van der Waals surface area (Å²) in [7, 11) is 0. The Labute approximate surface area is 158 Å². The number of amides is 2. The quantitative estimate of drug-likeness (QED) is 0.703. The molecule has 1 unspecified atom stereocenters. The average molecular weight is 364 g/mol. The summed E-state index contributed by atoms with van der Waals surface area (Å²) in [6.45, 7) is 5.51. The standard InChI is InChI=1S/C21H24N4O2/c1-4-16-9-5-6-10-17(16)23-20(27)13-25-19-12-8-7-11-18(19)24-21(25)14(2)22-15(3)26/h5-12,14H,4,13H2,1-3H3,(H,22,26)(H,23,27). The fourth-order valence-corrected chi connectivity index (χ4v) is 3.24. The third kappa shape index (κ3) is 4.16. The molecule has 3 rings (SSSR count). The van der Waals surface area contributed by atoms with Gasteiger partial charge in [0.15, 0.2) is 0 Å². The summed E-state index contributed by atoms with van der Waals surface area (Å²) < 4.78 is 1.86. The molecule has 6 heteroatoms. The minimum Gasteiger partial charge on any atom is -0.347 e. The number of carbonyl (C=O) groups excluding carboxylic acids is 2. The monoisotopic (exact) mass is 364 g/mol. The number of nitrogens with one attached hydrogen (secondary N) is 2. The van der Waals surface area contributed by atoms with Crippen molar-refractivity contribution < 1.29 is 9.59 Å². The van der Waals surface area contributed by atoms with E-state index in [9.17, 15) is 9.59 Å². The fraction of sp³-hybridized carbons (Fsp3) is 0.286. The van der Waals surface area contributed by atoms with E-state index >= 15 is 0 Å². The van der Waals surface area contributed by atoms with Crippen molar-refractivity contribution in [1.29, 1.82) is 0 Å². The van der Waals surface area contributed by atoms with Crippen LogP contribution in [0.1, 0.15) is 38.2 Å². The average Bonchev–Trinajstić information content (AvgIpc) is 3.00. The van der Waals surface area contributed by atoms with Gasteiger partial charge in [0.05, 0.1) is 17.1 Å². The number of benzene rings is 2. The predicted molar refractivity (Wildman–Crippen MR) is 106 cm³/mol. The molecule has 27 heavy (non-hydrogen) atoms. The lowest BCUT2D eigenvalue weighted by Crippen LogP contribution is -2.28. The minimum absolute atomic E-state index is 0.123. The van der Waals surface area contributed by atoms with E-state index in [0.29, 0.717) is 5.82 Å². The van der Waals surface area contributed by atoms with Gasteiger partial charge in [-0.15, -0.1) is 0 Å². The van der Waals surface area contributed by atoms with Gasteiger partial charge in [0, 0.05) is 12.6 Å². The summed E-state index contributed by atoms with van der Waals surface area (Å²) in [5.74, 6) is 0.392. The number of nitrogens with zero attached hydrogens (tertiary/aromatic N) is 2. The van der Waals surface area contributed by atoms with Crippen LogP contribution in [0.3, 0.4) is 0 Å². The van der Waals surface area contributed by atoms with E-state index in [2.05, 4.69) is 22.5 Å². The number of imidazole rings is 1. The molecule has 6 nitrogen and oxygen atoms in total. The van der Waals surface area contributed by atoms with Crippen molar-refractivity contribution >= 4 is 28.5 Å². The van der Waals surface area contributed by atoms with Gasteiger partial charge in [-0.05, 0) is 37.1 Å². The third-order valence-electron chi connectivity index (χ3n) is 4.47. The van der Waals surface area contributed by atoms with Gasteiger partial charge in [-0.3, -0.25) is 9.59 Å². The summed E-state index contributed by atoms with van der Waals surface area (Å²) in [6.07, 6.45) is 0.843. The van der Waals surface area contributed by atoms with E-state index in [1.165, 1.54) is 6.92 Å². The Hall–Kier alpha value is -3.15. The molecule has 140 valence electrons. The Morgan fingerprint density at radius 3 is 2.56 bits per heavy atom. The van der Waals surface area contributed by atoms with Crippen molar-refractivity contribution in [2.24, 2.45) is 0 Å². The smallest absolute Gasteiger partial charge is 0.244 e. The maximum absolute atomic E-state index is 12.7. The molecule has 2 amide bonds. The first-order valence-corrected chi connectivity index (χ1v) is 9.09. The highest BCUT2D eigenvalue weighted by atomic mass is 16.2. The molecule has 2 aromatic carbocycles. The van der Waals surface area contributed by atoms with Crippen molar-refractivity contribution in [1.82, 2.24) is 14.9 Å². The predicted octanol–water partition coefficient (Wildman–Crippen LogP) is 3.43. The SMILES string of the molecule is CCc1ccccc1NC(=O)Cn1c(C(C)NC(C)=O)nc2ccccc21. The topological polar surface area (TPSA) is 76.0 Å². The Bertz CT molecular complexity index is 977. The molecular weight excluding hydrogens is 340 g/mol. The van der Waals surface area contributed by atoms with Gasteiger partial charge in [-0.2, -0.15) is 0 Å². The molecule has 2 N–H and O–H groups in total. The Morgan fingerprint density at radius 2 is 1.81 bits per heavy atom. The molecule has 0 saturated heterocycles. The van der Waals surface area contributed by atoms with Gasteiger partial charge >= 0.3 is 0 Å². The summed E-state index contributed by atoms with van der Waals surface area (Å²) in [6, 6.07) is 15.1. The van der Waals surface area contributed by atoms with E-state index in [1.807, 2.05) is 60.0 Å².